The van der Waals surface area contributed by atoms with Gasteiger partial charge in [0.15, 0.2) is 0 Å². The summed E-state index contributed by atoms with van der Waals surface area (Å²) in [5.74, 6) is 0. The van der Waals surface area contributed by atoms with E-state index in [1.54, 1.807) is 18.2 Å². The smallest absolute Gasteiger partial charge is 0.258 e. The van der Waals surface area contributed by atoms with Gasteiger partial charge >= 0.3 is 0 Å². The lowest BCUT2D eigenvalue weighted by Crippen LogP contribution is -1.93. The van der Waals surface area contributed by atoms with Crippen molar-refractivity contribution in [1.82, 2.24) is 0 Å². The van der Waals surface area contributed by atoms with Crippen LogP contribution in [0.4, 0.5) is 5.69 Å². The predicted octanol–water partition coefficient (Wildman–Crippen LogP) is 5.58. The van der Waals surface area contributed by atoms with Crippen LogP contribution in [0, 0.1) is 10.1 Å². The van der Waals surface area contributed by atoms with Gasteiger partial charge in [-0.25, -0.2) is 0 Å². The average molecular weight is 310 g/mol. The zero-order valence-electron chi connectivity index (χ0n) is 11.6. The van der Waals surface area contributed by atoms with Crippen LogP contribution in [0.3, 0.4) is 0 Å². The quantitative estimate of drug-likeness (QED) is 0.468. The van der Waals surface area contributed by atoms with Crippen LogP contribution in [-0.4, -0.2) is 4.92 Å². The minimum Gasteiger partial charge on any atom is -0.258 e. The minimum absolute atomic E-state index is 0.0852. The summed E-state index contributed by atoms with van der Waals surface area (Å²) in [5, 5.41) is 11.9. The fourth-order valence-electron chi connectivity index (χ4n) is 2.49. The van der Waals surface area contributed by atoms with Crippen LogP contribution < -0.4 is 0 Å². The van der Waals surface area contributed by atoms with Crippen molar-refractivity contribution in [3.8, 4) is 22.3 Å². The number of para-hydroxylation sites is 1. The van der Waals surface area contributed by atoms with Crippen LogP contribution in [0.1, 0.15) is 0 Å². The lowest BCUT2D eigenvalue weighted by atomic mass is 9.94. The molecule has 0 atom stereocenters. The second-order valence-electron chi connectivity index (χ2n) is 4.80. The van der Waals surface area contributed by atoms with Crippen molar-refractivity contribution in [3.63, 3.8) is 0 Å². The standard InChI is InChI=1S/C18H12ClNO2/c19-17-11-5-3-9-15(17)13-7-1-2-8-14(13)16-10-4-6-12-18(16)20(21)22/h1-12H. The van der Waals surface area contributed by atoms with Crippen molar-refractivity contribution < 1.29 is 4.92 Å². The van der Waals surface area contributed by atoms with Crippen LogP contribution in [0.15, 0.2) is 72.8 Å². The van der Waals surface area contributed by atoms with Crippen molar-refractivity contribution in [3.05, 3.63) is 87.9 Å². The first kappa shape index (κ1) is 14.3. The average Bonchev–Trinajstić information content (AvgIpc) is 2.55. The Balaban J connectivity index is 2.27. The summed E-state index contributed by atoms with van der Waals surface area (Å²) < 4.78 is 0. The molecule has 0 bridgehead atoms. The van der Waals surface area contributed by atoms with E-state index in [1.807, 2.05) is 48.5 Å². The molecule has 3 nitrogen and oxygen atoms in total. The van der Waals surface area contributed by atoms with E-state index in [4.69, 9.17) is 11.6 Å². The van der Waals surface area contributed by atoms with E-state index in [9.17, 15) is 10.1 Å². The molecule has 108 valence electrons. The van der Waals surface area contributed by atoms with Gasteiger partial charge in [0, 0.05) is 16.7 Å². The third-order valence-corrected chi connectivity index (χ3v) is 3.81. The summed E-state index contributed by atoms with van der Waals surface area (Å²) in [5.41, 5.74) is 3.20. The van der Waals surface area contributed by atoms with E-state index in [2.05, 4.69) is 0 Å². The Bertz CT molecular complexity index is 846. The first-order chi connectivity index (χ1) is 10.7. The zero-order chi connectivity index (χ0) is 15.5. The summed E-state index contributed by atoms with van der Waals surface area (Å²) in [7, 11) is 0. The molecule has 0 aliphatic rings. The number of hydrogen-bond acceptors (Lipinski definition) is 2. The van der Waals surface area contributed by atoms with Crippen LogP contribution in [0.5, 0.6) is 0 Å². The molecule has 4 heteroatoms. The number of halogens is 1. The van der Waals surface area contributed by atoms with E-state index < -0.39 is 0 Å². The Morgan fingerprint density at radius 3 is 1.73 bits per heavy atom. The molecular formula is C18H12ClNO2. The molecule has 0 aromatic heterocycles. The summed E-state index contributed by atoms with van der Waals surface area (Å²) in [6.45, 7) is 0. The van der Waals surface area contributed by atoms with Crippen molar-refractivity contribution >= 4 is 17.3 Å². The molecule has 0 amide bonds. The van der Waals surface area contributed by atoms with Gasteiger partial charge in [0.2, 0.25) is 0 Å². The van der Waals surface area contributed by atoms with Gasteiger partial charge in [0.05, 0.1) is 10.5 Å². The second-order valence-corrected chi connectivity index (χ2v) is 5.21. The highest BCUT2D eigenvalue weighted by Crippen LogP contribution is 2.39. The van der Waals surface area contributed by atoms with E-state index in [0.29, 0.717) is 10.6 Å². The second kappa shape index (κ2) is 6.00. The Kier molecular flexibility index (Phi) is 3.90. The Hall–Kier alpha value is -2.65. The lowest BCUT2D eigenvalue weighted by molar-refractivity contribution is -0.384. The molecule has 0 saturated heterocycles. The summed E-state index contributed by atoms with van der Waals surface area (Å²) in [4.78, 5) is 10.9. The normalized spacial score (nSPS) is 10.4. The molecule has 0 unspecified atom stereocenters. The molecule has 0 spiro atoms. The highest BCUT2D eigenvalue weighted by Gasteiger charge is 2.17. The van der Waals surface area contributed by atoms with Gasteiger partial charge in [0.1, 0.15) is 0 Å². The number of rotatable bonds is 3. The molecule has 3 aromatic rings. The molecule has 0 saturated carbocycles. The lowest BCUT2D eigenvalue weighted by Gasteiger charge is -2.11. The molecule has 0 aliphatic heterocycles. The summed E-state index contributed by atoms with van der Waals surface area (Å²) in [6, 6.07) is 21.8. The Morgan fingerprint density at radius 1 is 0.682 bits per heavy atom. The highest BCUT2D eigenvalue weighted by atomic mass is 35.5. The molecule has 3 rings (SSSR count). The van der Waals surface area contributed by atoms with Gasteiger partial charge in [-0.15, -0.1) is 0 Å². The van der Waals surface area contributed by atoms with E-state index >= 15 is 0 Å². The van der Waals surface area contributed by atoms with E-state index in [0.717, 1.165) is 16.7 Å². The zero-order valence-corrected chi connectivity index (χ0v) is 12.3. The molecule has 0 heterocycles. The highest BCUT2D eigenvalue weighted by molar-refractivity contribution is 6.33. The topological polar surface area (TPSA) is 43.1 Å². The fraction of sp³-hybridized carbons (Fsp3) is 0. The molecule has 0 fully saturated rings. The maximum absolute atomic E-state index is 11.3. The third kappa shape index (κ3) is 2.59. The number of nitrogens with zero attached hydrogens (tertiary/aromatic N) is 1. The molecule has 0 aliphatic carbocycles. The maximum Gasteiger partial charge on any atom is 0.277 e. The number of benzene rings is 3. The number of nitro benzene ring substituents is 1. The molecule has 3 aromatic carbocycles. The fourth-order valence-corrected chi connectivity index (χ4v) is 2.73. The van der Waals surface area contributed by atoms with Crippen LogP contribution in [0.2, 0.25) is 5.02 Å². The van der Waals surface area contributed by atoms with Crippen molar-refractivity contribution in [1.29, 1.82) is 0 Å². The first-order valence-electron chi connectivity index (χ1n) is 6.76. The van der Waals surface area contributed by atoms with Crippen molar-refractivity contribution in [2.45, 2.75) is 0 Å². The predicted molar refractivity (Wildman–Crippen MR) is 89.0 cm³/mol. The van der Waals surface area contributed by atoms with Gasteiger partial charge in [-0.05, 0) is 23.3 Å². The van der Waals surface area contributed by atoms with Crippen LogP contribution in [-0.2, 0) is 0 Å². The number of nitro groups is 1. The van der Waals surface area contributed by atoms with Crippen LogP contribution >= 0.6 is 11.6 Å². The van der Waals surface area contributed by atoms with E-state index in [-0.39, 0.29) is 10.6 Å². The van der Waals surface area contributed by atoms with Gasteiger partial charge in [-0.3, -0.25) is 10.1 Å². The van der Waals surface area contributed by atoms with Crippen molar-refractivity contribution in [2.24, 2.45) is 0 Å². The molecular weight excluding hydrogens is 298 g/mol. The van der Waals surface area contributed by atoms with Gasteiger partial charge < -0.3 is 0 Å². The van der Waals surface area contributed by atoms with Crippen LogP contribution in [0.25, 0.3) is 22.3 Å². The van der Waals surface area contributed by atoms with E-state index in [1.165, 1.54) is 6.07 Å². The molecule has 0 radical (unpaired) electrons. The monoisotopic (exact) mass is 309 g/mol. The summed E-state index contributed by atoms with van der Waals surface area (Å²) in [6.07, 6.45) is 0. The molecule has 0 N–H and O–H groups in total. The van der Waals surface area contributed by atoms with Crippen molar-refractivity contribution in [2.75, 3.05) is 0 Å². The third-order valence-electron chi connectivity index (χ3n) is 3.48. The first-order valence-corrected chi connectivity index (χ1v) is 7.14. The minimum atomic E-state index is -0.362. The Labute approximate surface area is 133 Å². The van der Waals surface area contributed by atoms with Gasteiger partial charge in [-0.2, -0.15) is 0 Å². The summed E-state index contributed by atoms with van der Waals surface area (Å²) >= 11 is 6.29. The number of hydrogen-bond donors (Lipinski definition) is 0. The SMILES string of the molecule is O=[N+]([O-])c1ccccc1-c1ccccc1-c1ccccc1Cl. The largest absolute Gasteiger partial charge is 0.277 e. The maximum atomic E-state index is 11.3. The Morgan fingerprint density at radius 2 is 1.14 bits per heavy atom. The molecule has 22 heavy (non-hydrogen) atoms. The van der Waals surface area contributed by atoms with Gasteiger partial charge in [0.25, 0.3) is 5.69 Å². The van der Waals surface area contributed by atoms with Gasteiger partial charge in [-0.1, -0.05) is 66.2 Å².